The van der Waals surface area contributed by atoms with E-state index < -0.39 is 0 Å². The number of likely N-dealkylation sites (N-methyl/N-ethyl adjacent to an activating group) is 1. The van der Waals surface area contributed by atoms with Crippen LogP contribution in [-0.4, -0.2) is 30.7 Å². The van der Waals surface area contributed by atoms with E-state index in [1.165, 1.54) is 12.5 Å². The van der Waals surface area contributed by atoms with Gasteiger partial charge in [0, 0.05) is 25.3 Å². The number of halogens is 1. The second-order valence-electron chi connectivity index (χ2n) is 4.46. The summed E-state index contributed by atoms with van der Waals surface area (Å²) < 4.78 is 13.7. The molecule has 1 aliphatic rings. The maximum Gasteiger partial charge on any atom is 0.165 e. The van der Waals surface area contributed by atoms with Gasteiger partial charge >= 0.3 is 0 Å². The van der Waals surface area contributed by atoms with Crippen LogP contribution < -0.4 is 10.2 Å². The van der Waals surface area contributed by atoms with Crippen molar-refractivity contribution in [1.29, 1.82) is 0 Å². The molecule has 2 rings (SSSR count). The number of hydrogen-bond donors (Lipinski definition) is 1. The van der Waals surface area contributed by atoms with Crippen molar-refractivity contribution in [3.05, 3.63) is 24.1 Å². The average molecular weight is 237 g/mol. The molecule has 0 saturated carbocycles. The first-order valence-corrected chi connectivity index (χ1v) is 6.40. The normalized spacial score (nSPS) is 20.6. The lowest BCUT2D eigenvalue weighted by atomic mass is 10.0. The zero-order chi connectivity index (χ0) is 12.1. The summed E-state index contributed by atoms with van der Waals surface area (Å²) in [6.07, 6.45) is 5.12. The lowest BCUT2D eigenvalue weighted by Gasteiger charge is -2.36. The van der Waals surface area contributed by atoms with Crippen molar-refractivity contribution >= 4 is 5.82 Å². The molecule has 94 valence electrons. The minimum Gasteiger partial charge on any atom is -0.350 e. The summed E-state index contributed by atoms with van der Waals surface area (Å²) in [6, 6.07) is 3.50. The van der Waals surface area contributed by atoms with Gasteiger partial charge in [-0.2, -0.15) is 0 Å². The average Bonchev–Trinajstić information content (AvgIpc) is 2.37. The molecule has 4 heteroatoms. The molecule has 1 aliphatic heterocycles. The third kappa shape index (κ3) is 2.94. The van der Waals surface area contributed by atoms with Crippen LogP contribution in [0.25, 0.3) is 0 Å². The van der Waals surface area contributed by atoms with Crippen LogP contribution in [0.1, 0.15) is 26.2 Å². The van der Waals surface area contributed by atoms with Crippen LogP contribution in [0.15, 0.2) is 18.3 Å². The predicted octanol–water partition coefficient (Wildman–Crippen LogP) is 2.19. The van der Waals surface area contributed by atoms with Gasteiger partial charge < -0.3 is 10.2 Å². The van der Waals surface area contributed by atoms with Gasteiger partial charge in [-0.3, -0.25) is 0 Å². The molecule has 0 bridgehead atoms. The maximum atomic E-state index is 13.7. The van der Waals surface area contributed by atoms with Crippen LogP contribution in [0, 0.1) is 5.82 Å². The molecular weight excluding hydrogens is 217 g/mol. The highest BCUT2D eigenvalue weighted by molar-refractivity contribution is 5.41. The van der Waals surface area contributed by atoms with E-state index in [1.807, 2.05) is 0 Å². The second-order valence-corrected chi connectivity index (χ2v) is 4.46. The summed E-state index contributed by atoms with van der Waals surface area (Å²) >= 11 is 0. The molecule has 0 aromatic carbocycles. The number of rotatable bonds is 4. The van der Waals surface area contributed by atoms with Gasteiger partial charge in [0.25, 0.3) is 0 Å². The van der Waals surface area contributed by atoms with E-state index in [4.69, 9.17) is 0 Å². The second kappa shape index (κ2) is 5.96. The molecule has 3 nitrogen and oxygen atoms in total. The van der Waals surface area contributed by atoms with Gasteiger partial charge in [-0.1, -0.05) is 6.92 Å². The number of nitrogens with zero attached hydrogens (tertiary/aromatic N) is 2. The summed E-state index contributed by atoms with van der Waals surface area (Å²) in [5.74, 6) is 0.297. The molecule has 1 aromatic rings. The molecule has 2 heterocycles. The molecule has 1 saturated heterocycles. The molecule has 0 radical (unpaired) electrons. The molecule has 1 fully saturated rings. The third-order valence-electron chi connectivity index (χ3n) is 3.27. The fourth-order valence-corrected chi connectivity index (χ4v) is 2.39. The molecule has 0 spiro atoms. The van der Waals surface area contributed by atoms with Crippen molar-refractivity contribution in [2.75, 3.05) is 24.5 Å². The zero-order valence-electron chi connectivity index (χ0n) is 10.3. The van der Waals surface area contributed by atoms with Crippen LogP contribution in [0.3, 0.4) is 0 Å². The van der Waals surface area contributed by atoms with Gasteiger partial charge in [-0.15, -0.1) is 0 Å². The van der Waals surface area contributed by atoms with Crippen molar-refractivity contribution < 1.29 is 4.39 Å². The largest absolute Gasteiger partial charge is 0.350 e. The Balaban J connectivity index is 2.13. The van der Waals surface area contributed by atoms with Crippen LogP contribution in [0.2, 0.25) is 0 Å². The zero-order valence-corrected chi connectivity index (χ0v) is 10.3. The summed E-state index contributed by atoms with van der Waals surface area (Å²) in [5, 5.41) is 3.35. The molecule has 1 aromatic heterocycles. The first kappa shape index (κ1) is 12.3. The van der Waals surface area contributed by atoms with Gasteiger partial charge in [-0.05, 0) is 37.9 Å². The number of piperidine rings is 1. The smallest absolute Gasteiger partial charge is 0.165 e. The Morgan fingerprint density at radius 1 is 1.53 bits per heavy atom. The highest BCUT2D eigenvalue weighted by Gasteiger charge is 2.24. The van der Waals surface area contributed by atoms with E-state index in [1.54, 1.807) is 12.3 Å². The van der Waals surface area contributed by atoms with Crippen molar-refractivity contribution in [2.45, 2.75) is 32.2 Å². The van der Waals surface area contributed by atoms with Gasteiger partial charge in [0.15, 0.2) is 11.6 Å². The lowest BCUT2D eigenvalue weighted by molar-refractivity contribution is 0.430. The summed E-state index contributed by atoms with van der Waals surface area (Å²) in [7, 11) is 0. The highest BCUT2D eigenvalue weighted by atomic mass is 19.1. The van der Waals surface area contributed by atoms with E-state index in [-0.39, 0.29) is 5.82 Å². The predicted molar refractivity (Wildman–Crippen MR) is 67.7 cm³/mol. The Kier molecular flexibility index (Phi) is 4.31. The maximum absolute atomic E-state index is 13.7. The molecule has 0 amide bonds. The number of aromatic nitrogens is 1. The van der Waals surface area contributed by atoms with Crippen molar-refractivity contribution in [3.63, 3.8) is 0 Å². The number of anilines is 1. The third-order valence-corrected chi connectivity index (χ3v) is 3.27. The molecular formula is C13H20FN3. The monoisotopic (exact) mass is 237 g/mol. The van der Waals surface area contributed by atoms with Crippen molar-refractivity contribution in [2.24, 2.45) is 0 Å². The van der Waals surface area contributed by atoms with Crippen LogP contribution in [0.5, 0.6) is 0 Å². The molecule has 0 aliphatic carbocycles. The minimum absolute atomic E-state index is 0.212. The molecule has 1 N–H and O–H groups in total. The SMILES string of the molecule is CCNCC1CCCCN1c1ncccc1F. The van der Waals surface area contributed by atoms with Crippen LogP contribution >= 0.6 is 0 Å². The Labute approximate surface area is 102 Å². The summed E-state index contributed by atoms with van der Waals surface area (Å²) in [5.41, 5.74) is 0. The molecule has 1 atom stereocenters. The Hall–Kier alpha value is -1.16. The molecule has 1 unspecified atom stereocenters. The molecule has 17 heavy (non-hydrogen) atoms. The Bertz CT molecular complexity index is 356. The number of pyridine rings is 1. The van der Waals surface area contributed by atoms with E-state index in [9.17, 15) is 4.39 Å². The van der Waals surface area contributed by atoms with E-state index in [0.717, 1.165) is 32.5 Å². The quantitative estimate of drug-likeness (QED) is 0.870. The number of hydrogen-bond acceptors (Lipinski definition) is 3. The van der Waals surface area contributed by atoms with Crippen LogP contribution in [0.4, 0.5) is 10.2 Å². The summed E-state index contributed by atoms with van der Waals surface area (Å²) in [6.45, 7) is 4.86. The van der Waals surface area contributed by atoms with Gasteiger partial charge in [0.05, 0.1) is 0 Å². The van der Waals surface area contributed by atoms with E-state index in [0.29, 0.717) is 11.9 Å². The highest BCUT2D eigenvalue weighted by Crippen LogP contribution is 2.24. The Morgan fingerprint density at radius 2 is 2.41 bits per heavy atom. The first-order chi connectivity index (χ1) is 8.33. The van der Waals surface area contributed by atoms with Crippen molar-refractivity contribution in [1.82, 2.24) is 10.3 Å². The van der Waals surface area contributed by atoms with E-state index in [2.05, 4.69) is 22.1 Å². The van der Waals surface area contributed by atoms with Crippen molar-refractivity contribution in [3.8, 4) is 0 Å². The number of nitrogens with one attached hydrogen (secondary N) is 1. The standard InChI is InChI=1S/C13H20FN3/c1-2-15-10-11-6-3-4-9-17(11)13-12(14)7-5-8-16-13/h5,7-8,11,15H,2-4,6,9-10H2,1H3. The van der Waals surface area contributed by atoms with Gasteiger partial charge in [-0.25, -0.2) is 9.37 Å². The van der Waals surface area contributed by atoms with Gasteiger partial charge in [0.1, 0.15) is 0 Å². The topological polar surface area (TPSA) is 28.2 Å². The Morgan fingerprint density at radius 3 is 3.18 bits per heavy atom. The summed E-state index contributed by atoms with van der Waals surface area (Å²) in [4.78, 5) is 6.30. The van der Waals surface area contributed by atoms with Crippen LogP contribution in [-0.2, 0) is 0 Å². The minimum atomic E-state index is -0.212. The van der Waals surface area contributed by atoms with E-state index >= 15 is 0 Å². The lowest BCUT2D eigenvalue weighted by Crippen LogP contribution is -2.46. The fourth-order valence-electron chi connectivity index (χ4n) is 2.39. The fraction of sp³-hybridized carbons (Fsp3) is 0.615. The first-order valence-electron chi connectivity index (χ1n) is 6.40. The van der Waals surface area contributed by atoms with Gasteiger partial charge in [0.2, 0.25) is 0 Å².